The molecule has 1 aromatic carbocycles. The zero-order chi connectivity index (χ0) is 16.8. The van der Waals surface area contributed by atoms with Crippen LogP contribution >= 0.6 is 11.6 Å². The summed E-state index contributed by atoms with van der Waals surface area (Å²) >= 11 is 5.80. The van der Waals surface area contributed by atoms with E-state index in [9.17, 15) is 9.59 Å². The predicted molar refractivity (Wildman–Crippen MR) is 93.4 cm³/mol. The van der Waals surface area contributed by atoms with E-state index in [-0.39, 0.29) is 30.7 Å². The molecule has 23 heavy (non-hydrogen) atoms. The minimum Gasteiger partial charge on any atom is -0.353 e. The third-order valence-electron chi connectivity index (χ3n) is 4.76. The second-order valence-corrected chi connectivity index (χ2v) is 6.93. The lowest BCUT2D eigenvalue weighted by Crippen LogP contribution is -2.43. The molecule has 3 atom stereocenters. The maximum atomic E-state index is 12.1. The summed E-state index contributed by atoms with van der Waals surface area (Å²) in [4.78, 5) is 23.9. The molecule has 4 nitrogen and oxygen atoms in total. The standard InChI is InChI=1S/C18H25ClN2O2/c1-12-4-3-5-16(13(12)2)21-18(23)11-10-17(22)20-15-8-6-14(19)7-9-15/h6-9,12-13,16H,3-5,10-11H2,1-2H3,(H,20,22)(H,21,23). The van der Waals surface area contributed by atoms with Crippen LogP contribution in [0.2, 0.25) is 5.02 Å². The number of carbonyl (C=O) groups excluding carboxylic acids is 2. The van der Waals surface area contributed by atoms with E-state index in [1.807, 2.05) is 0 Å². The van der Waals surface area contributed by atoms with E-state index in [2.05, 4.69) is 24.5 Å². The van der Waals surface area contributed by atoms with Gasteiger partial charge in [-0.25, -0.2) is 0 Å². The number of halogens is 1. The molecule has 2 N–H and O–H groups in total. The van der Waals surface area contributed by atoms with Crippen molar-refractivity contribution < 1.29 is 9.59 Å². The van der Waals surface area contributed by atoms with Gasteiger partial charge in [0.05, 0.1) is 0 Å². The van der Waals surface area contributed by atoms with Crippen LogP contribution in [0.25, 0.3) is 0 Å². The van der Waals surface area contributed by atoms with Crippen LogP contribution in [0.1, 0.15) is 46.0 Å². The molecule has 0 aliphatic heterocycles. The highest BCUT2D eigenvalue weighted by Gasteiger charge is 2.28. The molecule has 0 aromatic heterocycles. The highest BCUT2D eigenvalue weighted by Crippen LogP contribution is 2.29. The molecule has 1 fully saturated rings. The number of hydrogen-bond acceptors (Lipinski definition) is 2. The van der Waals surface area contributed by atoms with Crippen LogP contribution in [0, 0.1) is 11.8 Å². The summed E-state index contributed by atoms with van der Waals surface area (Å²) in [5.74, 6) is 0.938. The maximum Gasteiger partial charge on any atom is 0.224 e. The number of rotatable bonds is 5. The Morgan fingerprint density at radius 2 is 1.74 bits per heavy atom. The lowest BCUT2D eigenvalue weighted by molar-refractivity contribution is -0.125. The third-order valence-corrected chi connectivity index (χ3v) is 5.01. The van der Waals surface area contributed by atoms with Gasteiger partial charge in [-0.1, -0.05) is 38.3 Å². The Bertz CT molecular complexity index is 544. The van der Waals surface area contributed by atoms with Crippen LogP contribution in [0.3, 0.4) is 0 Å². The maximum absolute atomic E-state index is 12.1. The van der Waals surface area contributed by atoms with Crippen LogP contribution in [0.15, 0.2) is 24.3 Å². The van der Waals surface area contributed by atoms with Crippen LogP contribution in [-0.4, -0.2) is 17.9 Å². The Morgan fingerprint density at radius 1 is 1.09 bits per heavy atom. The van der Waals surface area contributed by atoms with Gasteiger partial charge in [-0.2, -0.15) is 0 Å². The Morgan fingerprint density at radius 3 is 2.43 bits per heavy atom. The molecule has 0 saturated heterocycles. The highest BCUT2D eigenvalue weighted by atomic mass is 35.5. The smallest absolute Gasteiger partial charge is 0.224 e. The van der Waals surface area contributed by atoms with Crippen molar-refractivity contribution in [3.8, 4) is 0 Å². The highest BCUT2D eigenvalue weighted by molar-refractivity contribution is 6.30. The molecule has 5 heteroatoms. The van der Waals surface area contributed by atoms with E-state index >= 15 is 0 Å². The molecule has 0 spiro atoms. The molecule has 1 saturated carbocycles. The number of amides is 2. The van der Waals surface area contributed by atoms with Gasteiger partial charge >= 0.3 is 0 Å². The Hall–Kier alpha value is -1.55. The van der Waals surface area contributed by atoms with E-state index in [4.69, 9.17) is 11.6 Å². The van der Waals surface area contributed by atoms with Gasteiger partial charge in [0, 0.05) is 29.6 Å². The van der Waals surface area contributed by atoms with Gasteiger partial charge in [-0.3, -0.25) is 9.59 Å². The van der Waals surface area contributed by atoms with Crippen molar-refractivity contribution in [1.29, 1.82) is 0 Å². The fourth-order valence-electron chi connectivity index (χ4n) is 3.05. The minimum atomic E-state index is -0.160. The normalized spacial score (nSPS) is 24.0. The van der Waals surface area contributed by atoms with E-state index in [1.165, 1.54) is 6.42 Å². The molecule has 3 unspecified atom stereocenters. The van der Waals surface area contributed by atoms with Crippen molar-refractivity contribution in [2.45, 2.75) is 52.0 Å². The average Bonchev–Trinajstić information content (AvgIpc) is 2.52. The van der Waals surface area contributed by atoms with Crippen LogP contribution in [0.4, 0.5) is 5.69 Å². The van der Waals surface area contributed by atoms with Gasteiger partial charge in [-0.15, -0.1) is 0 Å². The average molecular weight is 337 g/mol. The van der Waals surface area contributed by atoms with Crippen molar-refractivity contribution in [3.63, 3.8) is 0 Å². The number of anilines is 1. The monoisotopic (exact) mass is 336 g/mol. The molecule has 1 aromatic rings. The lowest BCUT2D eigenvalue weighted by atomic mass is 9.78. The lowest BCUT2D eigenvalue weighted by Gasteiger charge is -2.34. The van der Waals surface area contributed by atoms with Crippen LogP contribution in [-0.2, 0) is 9.59 Å². The topological polar surface area (TPSA) is 58.2 Å². The largest absolute Gasteiger partial charge is 0.353 e. The third kappa shape index (κ3) is 5.54. The molecule has 2 amide bonds. The van der Waals surface area contributed by atoms with Crippen LogP contribution < -0.4 is 10.6 Å². The SMILES string of the molecule is CC1CCCC(NC(=O)CCC(=O)Nc2ccc(Cl)cc2)C1C. The zero-order valence-electron chi connectivity index (χ0n) is 13.8. The molecule has 1 aliphatic carbocycles. The zero-order valence-corrected chi connectivity index (χ0v) is 14.5. The van der Waals surface area contributed by atoms with Crippen molar-refractivity contribution in [2.24, 2.45) is 11.8 Å². The van der Waals surface area contributed by atoms with Gasteiger partial charge in [-0.05, 0) is 42.5 Å². The second kappa shape index (κ2) is 8.34. The van der Waals surface area contributed by atoms with E-state index in [0.717, 1.165) is 12.8 Å². The molecular weight excluding hydrogens is 312 g/mol. The molecular formula is C18H25ClN2O2. The van der Waals surface area contributed by atoms with Gasteiger partial charge < -0.3 is 10.6 Å². The van der Waals surface area contributed by atoms with Gasteiger partial charge in [0.1, 0.15) is 0 Å². The first kappa shape index (κ1) is 17.8. The number of carbonyl (C=O) groups is 2. The van der Waals surface area contributed by atoms with Crippen molar-refractivity contribution in [1.82, 2.24) is 5.32 Å². The molecule has 126 valence electrons. The Labute approximate surface area is 143 Å². The molecule has 0 heterocycles. The number of hydrogen-bond donors (Lipinski definition) is 2. The molecule has 0 bridgehead atoms. The summed E-state index contributed by atoms with van der Waals surface area (Å²) < 4.78 is 0. The van der Waals surface area contributed by atoms with Crippen molar-refractivity contribution in [2.75, 3.05) is 5.32 Å². The second-order valence-electron chi connectivity index (χ2n) is 6.50. The van der Waals surface area contributed by atoms with Gasteiger partial charge in [0.15, 0.2) is 0 Å². The Kier molecular flexibility index (Phi) is 6.46. The summed E-state index contributed by atoms with van der Waals surface area (Å²) in [5.41, 5.74) is 0.689. The fraction of sp³-hybridized carbons (Fsp3) is 0.556. The first-order valence-electron chi connectivity index (χ1n) is 8.30. The summed E-state index contributed by atoms with van der Waals surface area (Å²) in [6.45, 7) is 4.44. The Balaban J connectivity index is 1.73. The summed E-state index contributed by atoms with van der Waals surface area (Å²) in [6, 6.07) is 7.16. The summed E-state index contributed by atoms with van der Waals surface area (Å²) in [6.07, 6.45) is 3.83. The van der Waals surface area contributed by atoms with E-state index < -0.39 is 0 Å². The first-order valence-corrected chi connectivity index (χ1v) is 8.68. The first-order chi connectivity index (χ1) is 11.0. The number of benzene rings is 1. The molecule has 1 aliphatic rings. The van der Waals surface area contributed by atoms with Gasteiger partial charge in [0.2, 0.25) is 11.8 Å². The van der Waals surface area contributed by atoms with Crippen molar-refractivity contribution in [3.05, 3.63) is 29.3 Å². The van der Waals surface area contributed by atoms with E-state index in [0.29, 0.717) is 22.5 Å². The fourth-order valence-corrected chi connectivity index (χ4v) is 3.17. The molecule has 0 radical (unpaired) electrons. The van der Waals surface area contributed by atoms with Crippen molar-refractivity contribution >= 4 is 29.1 Å². The summed E-state index contributed by atoms with van der Waals surface area (Å²) in [7, 11) is 0. The predicted octanol–water partition coefficient (Wildman–Crippen LogP) is 4.00. The summed E-state index contributed by atoms with van der Waals surface area (Å²) in [5, 5.41) is 6.48. The quantitative estimate of drug-likeness (QED) is 0.853. The minimum absolute atomic E-state index is 0.0396. The van der Waals surface area contributed by atoms with Crippen LogP contribution in [0.5, 0.6) is 0 Å². The number of nitrogens with one attached hydrogen (secondary N) is 2. The van der Waals surface area contributed by atoms with E-state index in [1.54, 1.807) is 24.3 Å². The van der Waals surface area contributed by atoms with Gasteiger partial charge in [0.25, 0.3) is 0 Å². The molecule has 2 rings (SSSR count).